The number of nitrogens with zero attached hydrogens (tertiary/aromatic N) is 1. The van der Waals surface area contributed by atoms with Gasteiger partial charge in [0.25, 0.3) is 0 Å². The maximum atomic E-state index is 10.0. The molecule has 0 fully saturated rings. The van der Waals surface area contributed by atoms with E-state index in [-0.39, 0.29) is 6.61 Å². The van der Waals surface area contributed by atoms with Crippen molar-refractivity contribution in [1.82, 2.24) is 0 Å². The molecule has 0 bridgehead atoms. The molecule has 0 aromatic heterocycles. The van der Waals surface area contributed by atoms with Crippen LogP contribution in [0.15, 0.2) is 24.3 Å². The zero-order valence-electron chi connectivity index (χ0n) is 6.86. The Morgan fingerprint density at radius 1 is 1.46 bits per heavy atom. The average Bonchev–Trinajstić information content (AvgIpc) is 2.17. The lowest BCUT2D eigenvalue weighted by atomic mass is 10.3. The van der Waals surface area contributed by atoms with Gasteiger partial charge in [0.15, 0.2) is 6.61 Å². The largest absolute Gasteiger partial charge is 0.479 e. The number of rotatable bonds is 4. The molecule has 1 aromatic carbocycles. The van der Waals surface area contributed by atoms with Gasteiger partial charge in [-0.25, -0.2) is 0 Å². The summed E-state index contributed by atoms with van der Waals surface area (Å²) in [5.41, 5.74) is 0.694. The van der Waals surface area contributed by atoms with Crippen LogP contribution in [0.5, 0.6) is 5.75 Å². The molecule has 4 nitrogen and oxygen atoms in total. The molecule has 66 valence electrons. The van der Waals surface area contributed by atoms with E-state index in [2.05, 4.69) is 5.32 Å². The van der Waals surface area contributed by atoms with E-state index >= 15 is 0 Å². The molecule has 0 aliphatic rings. The van der Waals surface area contributed by atoms with E-state index in [4.69, 9.17) is 10.00 Å². The van der Waals surface area contributed by atoms with Crippen LogP contribution in [0, 0.1) is 11.3 Å². The van der Waals surface area contributed by atoms with Crippen LogP contribution in [0.3, 0.4) is 0 Å². The van der Waals surface area contributed by atoms with Gasteiger partial charge in [-0.3, -0.25) is 4.79 Å². The van der Waals surface area contributed by atoms with E-state index in [1.165, 1.54) is 0 Å². The second-order valence-corrected chi connectivity index (χ2v) is 2.23. The monoisotopic (exact) mass is 176 g/mol. The third kappa shape index (κ3) is 2.83. The fourth-order valence-corrected chi connectivity index (χ4v) is 0.831. The van der Waals surface area contributed by atoms with Crippen molar-refractivity contribution in [3.8, 4) is 11.8 Å². The van der Waals surface area contributed by atoms with Crippen molar-refractivity contribution in [3.63, 3.8) is 0 Å². The SMILES string of the molecule is N#CCOc1ccc(NC=O)cc1. The van der Waals surface area contributed by atoms with Crippen LogP contribution in [0.2, 0.25) is 0 Å². The van der Waals surface area contributed by atoms with Crippen LogP contribution < -0.4 is 10.1 Å². The van der Waals surface area contributed by atoms with Gasteiger partial charge in [0.1, 0.15) is 11.8 Å². The smallest absolute Gasteiger partial charge is 0.211 e. The minimum Gasteiger partial charge on any atom is -0.479 e. The predicted octanol–water partition coefficient (Wildman–Crippen LogP) is 1.16. The van der Waals surface area contributed by atoms with E-state index in [9.17, 15) is 4.79 Å². The fraction of sp³-hybridized carbons (Fsp3) is 0.111. The average molecular weight is 176 g/mol. The molecular weight excluding hydrogens is 168 g/mol. The molecule has 0 atom stereocenters. The number of hydrogen-bond donors (Lipinski definition) is 1. The zero-order chi connectivity index (χ0) is 9.52. The lowest BCUT2D eigenvalue weighted by molar-refractivity contribution is -0.105. The van der Waals surface area contributed by atoms with Crippen molar-refractivity contribution < 1.29 is 9.53 Å². The minimum atomic E-state index is 0.0282. The van der Waals surface area contributed by atoms with Crippen LogP contribution in [-0.4, -0.2) is 13.0 Å². The van der Waals surface area contributed by atoms with Gasteiger partial charge in [-0.15, -0.1) is 0 Å². The normalized spacial score (nSPS) is 8.54. The quantitative estimate of drug-likeness (QED) is 0.700. The molecule has 1 N–H and O–H groups in total. The van der Waals surface area contributed by atoms with Crippen LogP contribution in [0.4, 0.5) is 5.69 Å². The second-order valence-electron chi connectivity index (χ2n) is 2.23. The van der Waals surface area contributed by atoms with Gasteiger partial charge in [-0.05, 0) is 24.3 Å². The topological polar surface area (TPSA) is 62.1 Å². The summed E-state index contributed by atoms with van der Waals surface area (Å²) >= 11 is 0. The summed E-state index contributed by atoms with van der Waals surface area (Å²) in [6.45, 7) is 0.0282. The van der Waals surface area contributed by atoms with Gasteiger partial charge in [0.05, 0.1) is 0 Å². The van der Waals surface area contributed by atoms with Gasteiger partial charge in [0, 0.05) is 5.69 Å². The first-order chi connectivity index (χ1) is 6.36. The molecule has 0 saturated carbocycles. The Balaban J connectivity index is 2.59. The number of ether oxygens (including phenoxy) is 1. The van der Waals surface area contributed by atoms with Crippen LogP contribution in [0.1, 0.15) is 0 Å². The van der Waals surface area contributed by atoms with Gasteiger partial charge >= 0.3 is 0 Å². The number of anilines is 1. The molecule has 0 aliphatic heterocycles. The van der Waals surface area contributed by atoms with E-state index in [0.29, 0.717) is 17.8 Å². The van der Waals surface area contributed by atoms with Crippen molar-refractivity contribution in [1.29, 1.82) is 5.26 Å². The van der Waals surface area contributed by atoms with Crippen LogP contribution in [0.25, 0.3) is 0 Å². The summed E-state index contributed by atoms with van der Waals surface area (Å²) in [7, 11) is 0. The minimum absolute atomic E-state index is 0.0282. The Morgan fingerprint density at radius 2 is 2.15 bits per heavy atom. The van der Waals surface area contributed by atoms with Gasteiger partial charge in [0.2, 0.25) is 6.41 Å². The molecule has 1 amide bonds. The summed E-state index contributed by atoms with van der Waals surface area (Å²) in [6.07, 6.45) is 0.602. The van der Waals surface area contributed by atoms with Gasteiger partial charge < -0.3 is 10.1 Å². The highest BCUT2D eigenvalue weighted by Crippen LogP contribution is 2.14. The first-order valence-corrected chi connectivity index (χ1v) is 3.67. The summed E-state index contributed by atoms with van der Waals surface area (Å²) in [6, 6.07) is 8.62. The number of carbonyl (C=O) groups is 1. The summed E-state index contributed by atoms with van der Waals surface area (Å²) in [5.74, 6) is 0.609. The Bertz CT molecular complexity index is 313. The molecule has 0 aliphatic carbocycles. The molecular formula is C9H8N2O2. The van der Waals surface area contributed by atoms with Gasteiger partial charge in [-0.1, -0.05) is 0 Å². The van der Waals surface area contributed by atoms with E-state index in [1.54, 1.807) is 24.3 Å². The Hall–Kier alpha value is -2.02. The number of benzene rings is 1. The highest BCUT2D eigenvalue weighted by atomic mass is 16.5. The predicted molar refractivity (Wildman–Crippen MR) is 47.2 cm³/mol. The number of nitriles is 1. The van der Waals surface area contributed by atoms with Crippen molar-refractivity contribution in [2.75, 3.05) is 11.9 Å². The Labute approximate surface area is 75.7 Å². The van der Waals surface area contributed by atoms with Crippen LogP contribution >= 0.6 is 0 Å². The van der Waals surface area contributed by atoms with Gasteiger partial charge in [-0.2, -0.15) is 5.26 Å². The molecule has 0 saturated heterocycles. The van der Waals surface area contributed by atoms with E-state index in [0.717, 1.165) is 0 Å². The third-order valence-corrected chi connectivity index (χ3v) is 1.38. The Kier molecular flexibility index (Phi) is 3.33. The Morgan fingerprint density at radius 3 is 2.69 bits per heavy atom. The second kappa shape index (κ2) is 4.78. The van der Waals surface area contributed by atoms with Crippen LogP contribution in [-0.2, 0) is 4.79 Å². The number of hydrogen-bond acceptors (Lipinski definition) is 3. The van der Waals surface area contributed by atoms with E-state index in [1.807, 2.05) is 6.07 Å². The first kappa shape index (κ1) is 9.07. The molecule has 0 spiro atoms. The molecule has 0 radical (unpaired) electrons. The standard InChI is InChI=1S/C9H8N2O2/c10-5-6-13-9-3-1-8(2-4-9)11-7-12/h1-4,7H,6H2,(H,11,12). The zero-order valence-corrected chi connectivity index (χ0v) is 6.86. The highest BCUT2D eigenvalue weighted by molar-refractivity contribution is 5.71. The van der Waals surface area contributed by atoms with E-state index < -0.39 is 0 Å². The molecule has 4 heteroatoms. The number of nitrogens with one attached hydrogen (secondary N) is 1. The highest BCUT2D eigenvalue weighted by Gasteiger charge is 1.92. The maximum Gasteiger partial charge on any atom is 0.211 e. The number of carbonyl (C=O) groups excluding carboxylic acids is 1. The van der Waals surface area contributed by atoms with Crippen molar-refractivity contribution >= 4 is 12.1 Å². The molecule has 1 aromatic rings. The maximum absolute atomic E-state index is 10.0. The molecule has 1 rings (SSSR count). The molecule has 13 heavy (non-hydrogen) atoms. The molecule has 0 unspecified atom stereocenters. The van der Waals surface area contributed by atoms with Crippen molar-refractivity contribution in [3.05, 3.63) is 24.3 Å². The summed E-state index contributed by atoms with van der Waals surface area (Å²) in [5, 5.41) is 10.7. The lowest BCUT2D eigenvalue weighted by Crippen LogP contribution is -1.95. The number of amides is 1. The van der Waals surface area contributed by atoms with Crippen molar-refractivity contribution in [2.45, 2.75) is 0 Å². The summed E-state index contributed by atoms with van der Waals surface area (Å²) < 4.78 is 5.01. The molecule has 0 heterocycles. The fourth-order valence-electron chi connectivity index (χ4n) is 0.831. The summed E-state index contributed by atoms with van der Waals surface area (Å²) in [4.78, 5) is 10.0. The lowest BCUT2D eigenvalue weighted by Gasteiger charge is -2.02. The third-order valence-electron chi connectivity index (χ3n) is 1.38. The van der Waals surface area contributed by atoms with Crippen molar-refractivity contribution in [2.24, 2.45) is 0 Å². The first-order valence-electron chi connectivity index (χ1n) is 3.67.